The van der Waals surface area contributed by atoms with Crippen molar-refractivity contribution in [3.63, 3.8) is 0 Å². The lowest BCUT2D eigenvalue weighted by Crippen LogP contribution is -2.28. The summed E-state index contributed by atoms with van der Waals surface area (Å²) in [6.45, 7) is 4.13. The van der Waals surface area contributed by atoms with Gasteiger partial charge < -0.3 is 10.6 Å². The van der Waals surface area contributed by atoms with Crippen molar-refractivity contribution in [2.75, 3.05) is 18.1 Å². The molecule has 2 aromatic rings. The summed E-state index contributed by atoms with van der Waals surface area (Å²) in [5.74, 6) is -0.282. The first-order valence-corrected chi connectivity index (χ1v) is 9.91. The van der Waals surface area contributed by atoms with Gasteiger partial charge in [-0.05, 0) is 55.5 Å². The van der Waals surface area contributed by atoms with Gasteiger partial charge in [0.05, 0.1) is 0 Å². The lowest BCUT2D eigenvalue weighted by atomic mass is 10.1. The average molecular weight is 421 g/mol. The zero-order valence-corrected chi connectivity index (χ0v) is 16.9. The molecular weight excluding hydrogens is 400 g/mol. The Balaban J connectivity index is 1.88. The molecule has 0 aliphatic heterocycles. The van der Waals surface area contributed by atoms with E-state index in [2.05, 4.69) is 26.6 Å². The third-order valence-corrected chi connectivity index (χ3v) is 5.02. The number of amides is 2. The van der Waals surface area contributed by atoms with Crippen LogP contribution in [0.2, 0.25) is 0 Å². The first-order valence-electron chi connectivity index (χ1n) is 7.89. The van der Waals surface area contributed by atoms with E-state index in [9.17, 15) is 9.59 Å². The Morgan fingerprint density at radius 1 is 1.08 bits per heavy atom. The van der Waals surface area contributed by atoms with Gasteiger partial charge in [0.2, 0.25) is 5.91 Å². The highest BCUT2D eigenvalue weighted by atomic mass is 79.9. The fourth-order valence-corrected chi connectivity index (χ4v) is 3.10. The summed E-state index contributed by atoms with van der Waals surface area (Å²) >= 11 is 4.99. The Bertz CT molecular complexity index is 793. The molecule has 0 saturated carbocycles. The number of anilines is 1. The Hall–Kier alpha value is -1.79. The SMILES string of the molecule is CSc1ccc(C)c(C(=O)NCCC(=O)Nc2cc(Br)ccc2C)c1. The Labute approximate surface area is 160 Å². The number of hydrogen-bond acceptors (Lipinski definition) is 3. The van der Waals surface area contributed by atoms with Crippen LogP contribution >= 0.6 is 27.7 Å². The first kappa shape index (κ1) is 19.5. The highest BCUT2D eigenvalue weighted by Crippen LogP contribution is 2.21. The number of benzene rings is 2. The molecule has 0 bridgehead atoms. The number of hydrogen-bond donors (Lipinski definition) is 2. The predicted octanol–water partition coefficient (Wildman–Crippen LogP) is 4.55. The number of carbonyl (C=O) groups is 2. The van der Waals surface area contributed by atoms with Crippen molar-refractivity contribution >= 4 is 45.2 Å². The molecule has 0 aliphatic rings. The molecule has 0 atom stereocenters. The summed E-state index contributed by atoms with van der Waals surface area (Å²) in [6.07, 6.45) is 2.19. The highest BCUT2D eigenvalue weighted by Gasteiger charge is 2.11. The van der Waals surface area contributed by atoms with Crippen LogP contribution in [0, 0.1) is 13.8 Å². The van der Waals surface area contributed by atoms with E-state index < -0.39 is 0 Å². The van der Waals surface area contributed by atoms with E-state index in [1.807, 2.05) is 56.5 Å². The molecule has 0 saturated heterocycles. The maximum atomic E-state index is 12.3. The molecule has 0 radical (unpaired) electrons. The van der Waals surface area contributed by atoms with Gasteiger partial charge in [-0.1, -0.05) is 28.1 Å². The molecule has 6 heteroatoms. The van der Waals surface area contributed by atoms with Crippen molar-refractivity contribution in [2.45, 2.75) is 25.2 Å². The zero-order chi connectivity index (χ0) is 18.4. The smallest absolute Gasteiger partial charge is 0.251 e. The summed E-state index contributed by atoms with van der Waals surface area (Å²) in [5.41, 5.74) is 3.33. The number of aryl methyl sites for hydroxylation is 2. The van der Waals surface area contributed by atoms with Gasteiger partial charge >= 0.3 is 0 Å². The normalized spacial score (nSPS) is 10.4. The number of thioether (sulfide) groups is 1. The minimum atomic E-state index is -0.153. The molecule has 0 aliphatic carbocycles. The summed E-state index contributed by atoms with van der Waals surface area (Å²) < 4.78 is 0.908. The van der Waals surface area contributed by atoms with Gasteiger partial charge in [0.25, 0.3) is 5.91 Å². The largest absolute Gasteiger partial charge is 0.352 e. The second-order valence-electron chi connectivity index (χ2n) is 5.69. The molecule has 0 fully saturated rings. The highest BCUT2D eigenvalue weighted by molar-refractivity contribution is 9.10. The molecule has 0 heterocycles. The van der Waals surface area contributed by atoms with Crippen molar-refractivity contribution in [3.05, 3.63) is 57.6 Å². The molecule has 2 amide bonds. The lowest BCUT2D eigenvalue weighted by Gasteiger charge is -2.11. The first-order chi connectivity index (χ1) is 11.9. The third-order valence-electron chi connectivity index (χ3n) is 3.80. The Morgan fingerprint density at radius 2 is 1.80 bits per heavy atom. The zero-order valence-electron chi connectivity index (χ0n) is 14.5. The van der Waals surface area contributed by atoms with Gasteiger partial charge in [0.15, 0.2) is 0 Å². The third kappa shape index (κ3) is 5.61. The van der Waals surface area contributed by atoms with Crippen LogP contribution in [0.4, 0.5) is 5.69 Å². The van der Waals surface area contributed by atoms with Crippen molar-refractivity contribution in [1.29, 1.82) is 0 Å². The van der Waals surface area contributed by atoms with Gasteiger partial charge in [-0.2, -0.15) is 0 Å². The van der Waals surface area contributed by atoms with Crippen molar-refractivity contribution in [3.8, 4) is 0 Å². The number of carbonyl (C=O) groups excluding carboxylic acids is 2. The summed E-state index contributed by atoms with van der Waals surface area (Å²) in [6, 6.07) is 11.5. The Morgan fingerprint density at radius 3 is 2.52 bits per heavy atom. The maximum Gasteiger partial charge on any atom is 0.251 e. The van der Waals surface area contributed by atoms with E-state index in [1.54, 1.807) is 11.8 Å². The molecule has 0 aromatic heterocycles. The molecule has 2 N–H and O–H groups in total. The summed E-state index contributed by atoms with van der Waals surface area (Å²) in [4.78, 5) is 25.4. The van der Waals surface area contributed by atoms with Crippen LogP contribution in [0.25, 0.3) is 0 Å². The van der Waals surface area contributed by atoms with Crippen LogP contribution in [-0.4, -0.2) is 24.6 Å². The molecule has 2 aromatic carbocycles. The minimum Gasteiger partial charge on any atom is -0.352 e. The van der Waals surface area contributed by atoms with Crippen molar-refractivity contribution < 1.29 is 9.59 Å². The fraction of sp³-hybridized carbons (Fsp3) is 0.263. The molecular formula is C19H21BrN2O2S. The van der Waals surface area contributed by atoms with Gasteiger partial charge in [0, 0.05) is 33.6 Å². The molecule has 0 unspecified atom stereocenters. The molecule has 132 valence electrons. The summed E-state index contributed by atoms with van der Waals surface area (Å²) in [5, 5.41) is 5.69. The van der Waals surface area contributed by atoms with Gasteiger partial charge in [0.1, 0.15) is 0 Å². The van der Waals surface area contributed by atoms with E-state index in [0.29, 0.717) is 12.1 Å². The summed E-state index contributed by atoms with van der Waals surface area (Å²) in [7, 11) is 0. The number of rotatable bonds is 6. The molecule has 2 rings (SSSR count). The number of halogens is 1. The van der Waals surface area contributed by atoms with E-state index in [4.69, 9.17) is 0 Å². The van der Waals surface area contributed by atoms with Crippen LogP contribution in [0.5, 0.6) is 0 Å². The molecule has 4 nitrogen and oxygen atoms in total. The van der Waals surface area contributed by atoms with Crippen molar-refractivity contribution in [2.24, 2.45) is 0 Å². The van der Waals surface area contributed by atoms with E-state index in [-0.39, 0.29) is 18.2 Å². The standard InChI is InChI=1S/C19H21BrN2O2S/c1-12-5-7-15(25-3)11-16(12)19(24)21-9-8-18(23)22-17-10-14(20)6-4-13(17)2/h4-7,10-11H,8-9H2,1-3H3,(H,21,24)(H,22,23). The van der Waals surface area contributed by atoms with Crippen LogP contribution < -0.4 is 10.6 Å². The molecule has 25 heavy (non-hydrogen) atoms. The van der Waals surface area contributed by atoms with Crippen LogP contribution in [0.3, 0.4) is 0 Å². The van der Waals surface area contributed by atoms with Crippen LogP contribution in [0.1, 0.15) is 27.9 Å². The minimum absolute atomic E-state index is 0.129. The van der Waals surface area contributed by atoms with Crippen molar-refractivity contribution in [1.82, 2.24) is 5.32 Å². The average Bonchev–Trinajstić information content (AvgIpc) is 2.58. The fourth-order valence-electron chi connectivity index (χ4n) is 2.30. The second kappa shape index (κ2) is 9.06. The van der Waals surface area contributed by atoms with Gasteiger partial charge in [-0.3, -0.25) is 9.59 Å². The van der Waals surface area contributed by atoms with E-state index in [0.717, 1.165) is 26.2 Å². The quantitative estimate of drug-likeness (QED) is 0.673. The van der Waals surface area contributed by atoms with Gasteiger partial charge in [-0.15, -0.1) is 11.8 Å². The second-order valence-corrected chi connectivity index (χ2v) is 7.49. The Kier molecular flexibility index (Phi) is 7.08. The van der Waals surface area contributed by atoms with Crippen LogP contribution in [0.15, 0.2) is 45.8 Å². The van der Waals surface area contributed by atoms with Crippen LogP contribution in [-0.2, 0) is 4.79 Å². The van der Waals surface area contributed by atoms with E-state index in [1.165, 1.54) is 0 Å². The number of nitrogens with one attached hydrogen (secondary N) is 2. The van der Waals surface area contributed by atoms with Gasteiger partial charge in [-0.25, -0.2) is 0 Å². The topological polar surface area (TPSA) is 58.2 Å². The molecule has 0 spiro atoms. The predicted molar refractivity (Wildman–Crippen MR) is 107 cm³/mol. The monoisotopic (exact) mass is 420 g/mol. The maximum absolute atomic E-state index is 12.3. The lowest BCUT2D eigenvalue weighted by molar-refractivity contribution is -0.116. The van der Waals surface area contributed by atoms with E-state index >= 15 is 0 Å².